The molecule has 0 radical (unpaired) electrons. The first-order valence-corrected chi connectivity index (χ1v) is 3.60. The molecule has 0 aliphatic heterocycles. The molecule has 4 heteroatoms. The Morgan fingerprint density at radius 2 is 1.82 bits per heavy atom. The minimum absolute atomic E-state index is 0. The van der Waals surface area contributed by atoms with Crippen molar-refractivity contribution in [2.75, 3.05) is 0 Å². The summed E-state index contributed by atoms with van der Waals surface area (Å²) in [6.07, 6.45) is 0. The van der Waals surface area contributed by atoms with Crippen molar-refractivity contribution in [3.05, 3.63) is 29.8 Å². The van der Waals surface area contributed by atoms with Crippen LogP contribution in [0.4, 0.5) is 0 Å². The molecular formula is C7H7NaO2S. The van der Waals surface area contributed by atoms with Gasteiger partial charge in [-0.3, -0.25) is 0 Å². The van der Waals surface area contributed by atoms with Crippen LogP contribution in [-0.4, -0.2) is 0 Å². The van der Waals surface area contributed by atoms with Gasteiger partial charge in [-0.2, -0.15) is 0 Å². The summed E-state index contributed by atoms with van der Waals surface area (Å²) in [5.74, 6) is 0. The molecule has 11 heavy (non-hydrogen) atoms. The fraction of sp³-hybridized carbons (Fsp3) is 0.143. The molecule has 0 spiro atoms. The SMILES string of the molecule is Cc1ccc(SO[O-])cc1.[Na+]. The van der Waals surface area contributed by atoms with Gasteiger partial charge in [0.05, 0.1) is 0 Å². The van der Waals surface area contributed by atoms with E-state index in [1.54, 1.807) is 0 Å². The Balaban J connectivity index is 0.000001000. The van der Waals surface area contributed by atoms with Gasteiger partial charge in [-0.15, -0.1) is 0 Å². The van der Waals surface area contributed by atoms with Crippen molar-refractivity contribution >= 4 is 12.0 Å². The summed E-state index contributed by atoms with van der Waals surface area (Å²) >= 11 is 0.828. The van der Waals surface area contributed by atoms with Crippen molar-refractivity contribution < 1.29 is 39.1 Å². The van der Waals surface area contributed by atoms with E-state index in [9.17, 15) is 5.26 Å². The van der Waals surface area contributed by atoms with Crippen LogP contribution in [0.1, 0.15) is 5.56 Å². The van der Waals surface area contributed by atoms with Crippen LogP contribution in [-0.2, 0) is 4.33 Å². The number of benzene rings is 1. The van der Waals surface area contributed by atoms with Gasteiger partial charge in [0.15, 0.2) is 0 Å². The quantitative estimate of drug-likeness (QED) is 0.234. The predicted molar refractivity (Wildman–Crippen MR) is 38.1 cm³/mol. The zero-order chi connectivity index (χ0) is 7.40. The molecule has 0 saturated heterocycles. The molecule has 0 bridgehead atoms. The topological polar surface area (TPSA) is 32.3 Å². The van der Waals surface area contributed by atoms with Crippen LogP contribution in [0.3, 0.4) is 0 Å². The van der Waals surface area contributed by atoms with E-state index in [1.165, 1.54) is 5.56 Å². The van der Waals surface area contributed by atoms with Crippen LogP contribution in [0, 0.1) is 6.92 Å². The Morgan fingerprint density at radius 3 is 2.27 bits per heavy atom. The van der Waals surface area contributed by atoms with Crippen molar-refractivity contribution in [1.29, 1.82) is 0 Å². The Morgan fingerprint density at radius 1 is 1.27 bits per heavy atom. The number of hydrogen-bond acceptors (Lipinski definition) is 3. The van der Waals surface area contributed by atoms with Crippen molar-refractivity contribution in [2.24, 2.45) is 0 Å². The Hall–Kier alpha value is 0.490. The molecule has 0 aliphatic rings. The van der Waals surface area contributed by atoms with E-state index in [0.29, 0.717) is 0 Å². The minimum atomic E-state index is 0. The maximum atomic E-state index is 9.65. The monoisotopic (exact) mass is 178 g/mol. The van der Waals surface area contributed by atoms with Crippen LogP contribution in [0.2, 0.25) is 0 Å². The largest absolute Gasteiger partial charge is 1.00 e. The standard InChI is InChI=1S/C7H8O2S.Na/c1-6-2-4-7(5-3-6)10-9-8;/h2-5,8H,1H3;/q;+1/p-1. The molecule has 2 nitrogen and oxygen atoms in total. The summed E-state index contributed by atoms with van der Waals surface area (Å²) in [7, 11) is 0. The number of hydrogen-bond donors (Lipinski definition) is 0. The van der Waals surface area contributed by atoms with Gasteiger partial charge in [0.1, 0.15) is 0 Å². The first-order chi connectivity index (χ1) is 4.83. The average molecular weight is 178 g/mol. The van der Waals surface area contributed by atoms with Crippen LogP contribution in [0.5, 0.6) is 0 Å². The summed E-state index contributed by atoms with van der Waals surface area (Å²) in [6.45, 7) is 1.99. The predicted octanol–water partition coefficient (Wildman–Crippen LogP) is -1.70. The molecule has 1 rings (SSSR count). The minimum Gasteiger partial charge on any atom is -0.710 e. The summed E-state index contributed by atoms with van der Waals surface area (Å²) in [5, 5.41) is 9.65. The van der Waals surface area contributed by atoms with Gasteiger partial charge in [0, 0.05) is 16.9 Å². The molecule has 0 N–H and O–H groups in total. The van der Waals surface area contributed by atoms with E-state index in [2.05, 4.69) is 4.33 Å². The second-order valence-corrected chi connectivity index (χ2v) is 2.74. The molecule has 0 fully saturated rings. The van der Waals surface area contributed by atoms with Gasteiger partial charge in [-0.05, 0) is 19.1 Å². The molecule has 0 aromatic heterocycles. The molecule has 0 atom stereocenters. The van der Waals surface area contributed by atoms with Crippen LogP contribution in [0.15, 0.2) is 29.2 Å². The molecular weight excluding hydrogens is 171 g/mol. The number of aryl methyl sites for hydroxylation is 1. The van der Waals surface area contributed by atoms with Crippen molar-refractivity contribution in [2.45, 2.75) is 11.8 Å². The van der Waals surface area contributed by atoms with Crippen LogP contribution < -0.4 is 34.8 Å². The fourth-order valence-corrected chi connectivity index (χ4v) is 0.959. The Bertz CT molecular complexity index is 200. The van der Waals surface area contributed by atoms with Gasteiger partial charge in [-0.25, -0.2) is 0 Å². The normalized spacial score (nSPS) is 8.91. The smallest absolute Gasteiger partial charge is 0.710 e. The van der Waals surface area contributed by atoms with E-state index in [1.807, 2.05) is 31.2 Å². The number of rotatable bonds is 2. The van der Waals surface area contributed by atoms with Gasteiger partial charge < -0.3 is 9.59 Å². The fourth-order valence-electron chi connectivity index (χ4n) is 0.633. The molecule has 0 heterocycles. The van der Waals surface area contributed by atoms with E-state index in [0.717, 1.165) is 16.9 Å². The maximum absolute atomic E-state index is 9.65. The molecule has 0 aliphatic carbocycles. The van der Waals surface area contributed by atoms with Gasteiger partial charge in [-0.1, -0.05) is 17.7 Å². The molecule has 1 aromatic rings. The second-order valence-electron chi connectivity index (χ2n) is 1.96. The Labute approximate surface area is 92.4 Å². The van der Waals surface area contributed by atoms with Gasteiger partial charge in [0.2, 0.25) is 0 Å². The second kappa shape index (κ2) is 6.06. The average Bonchev–Trinajstić information content (AvgIpc) is 1.95. The third kappa shape index (κ3) is 4.15. The van der Waals surface area contributed by atoms with E-state index in [4.69, 9.17) is 0 Å². The third-order valence-electron chi connectivity index (χ3n) is 1.15. The first-order valence-electron chi connectivity index (χ1n) is 2.86. The molecule has 0 amide bonds. The Kier molecular flexibility index (Phi) is 6.33. The molecule has 0 unspecified atom stereocenters. The van der Waals surface area contributed by atoms with Gasteiger partial charge in [0.25, 0.3) is 0 Å². The van der Waals surface area contributed by atoms with Crippen molar-refractivity contribution in [3.63, 3.8) is 0 Å². The van der Waals surface area contributed by atoms with E-state index >= 15 is 0 Å². The van der Waals surface area contributed by atoms with Crippen molar-refractivity contribution in [3.8, 4) is 0 Å². The van der Waals surface area contributed by atoms with Crippen molar-refractivity contribution in [1.82, 2.24) is 0 Å². The molecule has 1 aromatic carbocycles. The van der Waals surface area contributed by atoms with Crippen LogP contribution in [0.25, 0.3) is 0 Å². The summed E-state index contributed by atoms with van der Waals surface area (Å²) in [5.41, 5.74) is 1.18. The molecule has 0 saturated carbocycles. The summed E-state index contributed by atoms with van der Waals surface area (Å²) in [6, 6.07) is 7.55. The first kappa shape index (κ1) is 11.5. The third-order valence-corrected chi connectivity index (χ3v) is 1.68. The van der Waals surface area contributed by atoms with E-state index in [-0.39, 0.29) is 29.6 Å². The van der Waals surface area contributed by atoms with Crippen LogP contribution >= 0.6 is 12.0 Å². The van der Waals surface area contributed by atoms with E-state index < -0.39 is 0 Å². The summed E-state index contributed by atoms with van der Waals surface area (Å²) in [4.78, 5) is 0.834. The zero-order valence-electron chi connectivity index (χ0n) is 6.53. The zero-order valence-corrected chi connectivity index (χ0v) is 9.35. The van der Waals surface area contributed by atoms with Gasteiger partial charge >= 0.3 is 29.6 Å². The maximum Gasteiger partial charge on any atom is 1.00 e. The molecule has 54 valence electrons. The summed E-state index contributed by atoms with van der Waals surface area (Å²) < 4.78 is 3.63.